The molecule has 0 fully saturated rings. The summed E-state index contributed by atoms with van der Waals surface area (Å²) in [5, 5.41) is 0. The molecular formula is C19H23NO3S. The molecule has 0 N–H and O–H groups in total. The third-order valence-electron chi connectivity index (χ3n) is 4.67. The summed E-state index contributed by atoms with van der Waals surface area (Å²) in [6.45, 7) is 8.18. The second-order valence-electron chi connectivity index (χ2n) is 6.23. The Bertz CT molecular complexity index is 874. The van der Waals surface area contributed by atoms with Gasteiger partial charge in [0.15, 0.2) is 0 Å². The molecule has 1 atom stereocenters. The van der Waals surface area contributed by atoms with Crippen LogP contribution in [-0.2, 0) is 16.4 Å². The van der Waals surface area contributed by atoms with Crippen LogP contribution in [0.1, 0.15) is 30.5 Å². The van der Waals surface area contributed by atoms with E-state index in [9.17, 15) is 8.42 Å². The highest BCUT2D eigenvalue weighted by molar-refractivity contribution is 7.93. The molecule has 4 nitrogen and oxygen atoms in total. The van der Waals surface area contributed by atoms with Gasteiger partial charge in [-0.05, 0) is 69.0 Å². The SMILES string of the molecule is CCOc1ccc(S(=O)(=O)N2c3ccccc3C[C@H]2C)c(C)c1C. The summed E-state index contributed by atoms with van der Waals surface area (Å²) in [6, 6.07) is 11.1. The zero-order chi connectivity index (χ0) is 17.5. The van der Waals surface area contributed by atoms with Crippen molar-refractivity contribution >= 4 is 15.7 Å². The molecular weight excluding hydrogens is 322 g/mol. The molecule has 0 spiro atoms. The summed E-state index contributed by atoms with van der Waals surface area (Å²) in [4.78, 5) is 0.354. The lowest BCUT2D eigenvalue weighted by atomic mass is 10.1. The van der Waals surface area contributed by atoms with Crippen molar-refractivity contribution in [3.05, 3.63) is 53.1 Å². The van der Waals surface area contributed by atoms with Gasteiger partial charge in [-0.15, -0.1) is 0 Å². The minimum absolute atomic E-state index is 0.0846. The smallest absolute Gasteiger partial charge is 0.264 e. The molecule has 24 heavy (non-hydrogen) atoms. The lowest BCUT2D eigenvalue weighted by Crippen LogP contribution is -2.36. The van der Waals surface area contributed by atoms with Crippen molar-refractivity contribution in [1.82, 2.24) is 0 Å². The van der Waals surface area contributed by atoms with E-state index in [-0.39, 0.29) is 6.04 Å². The number of hydrogen-bond donors (Lipinski definition) is 0. The van der Waals surface area contributed by atoms with Crippen molar-refractivity contribution in [3.8, 4) is 5.75 Å². The van der Waals surface area contributed by atoms with Gasteiger partial charge in [0.1, 0.15) is 5.75 Å². The molecule has 0 radical (unpaired) electrons. The number of para-hydroxylation sites is 1. The van der Waals surface area contributed by atoms with Crippen molar-refractivity contribution < 1.29 is 13.2 Å². The first-order valence-electron chi connectivity index (χ1n) is 8.23. The van der Waals surface area contributed by atoms with Crippen molar-refractivity contribution in [3.63, 3.8) is 0 Å². The Kier molecular flexibility index (Phi) is 4.30. The van der Waals surface area contributed by atoms with E-state index < -0.39 is 10.0 Å². The van der Waals surface area contributed by atoms with E-state index in [1.54, 1.807) is 16.4 Å². The molecule has 2 aromatic rings. The van der Waals surface area contributed by atoms with Crippen molar-refractivity contribution in [2.24, 2.45) is 0 Å². The Morgan fingerprint density at radius 3 is 2.54 bits per heavy atom. The fourth-order valence-electron chi connectivity index (χ4n) is 3.37. The van der Waals surface area contributed by atoms with Crippen LogP contribution in [0, 0.1) is 13.8 Å². The third kappa shape index (κ3) is 2.57. The number of rotatable bonds is 4. The molecule has 0 unspecified atom stereocenters. The topological polar surface area (TPSA) is 46.6 Å². The molecule has 128 valence electrons. The van der Waals surface area contributed by atoms with Crippen LogP contribution in [-0.4, -0.2) is 21.1 Å². The van der Waals surface area contributed by atoms with Gasteiger partial charge in [0.25, 0.3) is 10.0 Å². The fourth-order valence-corrected chi connectivity index (χ4v) is 5.35. The molecule has 1 aliphatic heterocycles. The quantitative estimate of drug-likeness (QED) is 0.846. The highest BCUT2D eigenvalue weighted by Gasteiger charge is 2.36. The molecule has 3 rings (SSSR count). The standard InChI is InChI=1S/C19H23NO3S/c1-5-23-18-10-11-19(15(4)14(18)3)24(21,22)20-13(2)12-16-8-6-7-9-17(16)20/h6-11,13H,5,12H2,1-4H3/t13-/m1/s1. The first-order valence-corrected chi connectivity index (χ1v) is 9.67. The van der Waals surface area contributed by atoms with Gasteiger partial charge in [0.2, 0.25) is 0 Å². The number of hydrogen-bond acceptors (Lipinski definition) is 3. The lowest BCUT2D eigenvalue weighted by molar-refractivity contribution is 0.337. The van der Waals surface area contributed by atoms with Gasteiger partial charge in [0.05, 0.1) is 17.2 Å². The molecule has 0 saturated carbocycles. The molecule has 0 bridgehead atoms. The van der Waals surface area contributed by atoms with Gasteiger partial charge < -0.3 is 4.74 Å². The Morgan fingerprint density at radius 1 is 1.12 bits per heavy atom. The molecule has 5 heteroatoms. The Hall–Kier alpha value is -2.01. The summed E-state index contributed by atoms with van der Waals surface area (Å²) >= 11 is 0. The predicted molar refractivity (Wildman–Crippen MR) is 96.4 cm³/mol. The number of fused-ring (bicyclic) bond motifs is 1. The number of nitrogens with zero attached hydrogens (tertiary/aromatic N) is 1. The summed E-state index contributed by atoms with van der Waals surface area (Å²) in [5.41, 5.74) is 3.49. The fraction of sp³-hybridized carbons (Fsp3) is 0.368. The number of ether oxygens (including phenoxy) is 1. The first-order chi connectivity index (χ1) is 11.4. The van der Waals surface area contributed by atoms with E-state index in [1.807, 2.05) is 52.0 Å². The zero-order valence-electron chi connectivity index (χ0n) is 14.5. The maximum atomic E-state index is 13.3. The largest absolute Gasteiger partial charge is 0.494 e. The van der Waals surface area contributed by atoms with Gasteiger partial charge in [-0.2, -0.15) is 0 Å². The molecule has 0 saturated heterocycles. The van der Waals surface area contributed by atoms with E-state index in [0.29, 0.717) is 11.5 Å². The molecule has 1 heterocycles. The summed E-state index contributed by atoms with van der Waals surface area (Å²) < 4.78 is 33.8. The minimum atomic E-state index is -3.61. The maximum Gasteiger partial charge on any atom is 0.264 e. The van der Waals surface area contributed by atoms with Gasteiger partial charge >= 0.3 is 0 Å². The van der Waals surface area contributed by atoms with Gasteiger partial charge in [-0.1, -0.05) is 18.2 Å². The third-order valence-corrected chi connectivity index (χ3v) is 6.74. The van der Waals surface area contributed by atoms with E-state index in [4.69, 9.17) is 4.74 Å². The van der Waals surface area contributed by atoms with Crippen LogP contribution in [0.2, 0.25) is 0 Å². The Labute approximate surface area is 144 Å². The normalized spacial score (nSPS) is 17.0. The average molecular weight is 345 g/mol. The van der Waals surface area contributed by atoms with Crippen LogP contribution in [0.5, 0.6) is 5.75 Å². The lowest BCUT2D eigenvalue weighted by Gasteiger charge is -2.26. The number of sulfonamides is 1. The Balaban J connectivity index is 2.11. The minimum Gasteiger partial charge on any atom is -0.494 e. The van der Waals surface area contributed by atoms with Crippen LogP contribution < -0.4 is 9.04 Å². The number of benzene rings is 2. The molecule has 2 aromatic carbocycles. The van der Waals surface area contributed by atoms with Crippen molar-refractivity contribution in [2.75, 3.05) is 10.9 Å². The van der Waals surface area contributed by atoms with Crippen LogP contribution >= 0.6 is 0 Å². The summed E-state index contributed by atoms with van der Waals surface area (Å²) in [5.74, 6) is 0.740. The second kappa shape index (κ2) is 6.13. The van der Waals surface area contributed by atoms with Gasteiger partial charge in [-0.3, -0.25) is 4.31 Å². The van der Waals surface area contributed by atoms with E-state index in [2.05, 4.69) is 0 Å². The van der Waals surface area contributed by atoms with E-state index in [0.717, 1.165) is 34.5 Å². The molecule has 0 aromatic heterocycles. The monoisotopic (exact) mass is 345 g/mol. The van der Waals surface area contributed by atoms with Crippen molar-refractivity contribution in [2.45, 2.75) is 45.1 Å². The van der Waals surface area contributed by atoms with E-state index in [1.165, 1.54) is 0 Å². The van der Waals surface area contributed by atoms with Gasteiger partial charge in [-0.25, -0.2) is 8.42 Å². The van der Waals surface area contributed by atoms with Crippen LogP contribution in [0.15, 0.2) is 41.3 Å². The van der Waals surface area contributed by atoms with Gasteiger partial charge in [0, 0.05) is 6.04 Å². The van der Waals surface area contributed by atoms with Crippen LogP contribution in [0.25, 0.3) is 0 Å². The average Bonchev–Trinajstić information content (AvgIpc) is 2.88. The highest BCUT2D eigenvalue weighted by Crippen LogP contribution is 2.38. The Morgan fingerprint density at radius 2 is 1.83 bits per heavy atom. The van der Waals surface area contributed by atoms with Crippen molar-refractivity contribution in [1.29, 1.82) is 0 Å². The first kappa shape index (κ1) is 16.8. The zero-order valence-corrected chi connectivity index (χ0v) is 15.4. The van der Waals surface area contributed by atoms with Crippen LogP contribution in [0.3, 0.4) is 0 Å². The highest BCUT2D eigenvalue weighted by atomic mass is 32.2. The summed E-state index contributed by atoms with van der Waals surface area (Å²) in [6.07, 6.45) is 0.741. The maximum absolute atomic E-state index is 13.3. The summed E-state index contributed by atoms with van der Waals surface area (Å²) in [7, 11) is -3.61. The van der Waals surface area contributed by atoms with E-state index >= 15 is 0 Å². The molecule has 0 amide bonds. The second-order valence-corrected chi connectivity index (χ2v) is 8.01. The predicted octanol–water partition coefficient (Wildman–Crippen LogP) is 3.84. The molecule has 1 aliphatic rings. The van der Waals surface area contributed by atoms with Crippen LogP contribution in [0.4, 0.5) is 5.69 Å². The molecule has 0 aliphatic carbocycles. The number of anilines is 1.